The van der Waals surface area contributed by atoms with Gasteiger partial charge in [-0.3, -0.25) is 14.5 Å². The average molecular weight is 499 g/mol. The van der Waals surface area contributed by atoms with Gasteiger partial charge in [-0.1, -0.05) is 5.16 Å². The molecule has 0 aromatic carbocycles. The number of oxime groups is 1. The van der Waals surface area contributed by atoms with Gasteiger partial charge >= 0.3 is 5.97 Å². The lowest BCUT2D eigenvalue weighted by molar-refractivity contribution is -0.688. The molecule has 0 aliphatic carbocycles. The average Bonchev–Trinajstić information content (AvgIpc) is 3.48. The summed E-state index contributed by atoms with van der Waals surface area (Å²) >= 11 is 1.35. The molecular weight excluding hydrogens is 480 g/mol. The van der Waals surface area contributed by atoms with Crippen molar-refractivity contribution < 1.29 is 37.7 Å². The van der Waals surface area contributed by atoms with E-state index in [0.29, 0.717) is 16.9 Å². The minimum absolute atomic E-state index is 0.0285. The van der Waals surface area contributed by atoms with Gasteiger partial charge < -0.3 is 29.8 Å². The van der Waals surface area contributed by atoms with E-state index in [4.69, 9.17) is 19.4 Å². The van der Waals surface area contributed by atoms with Crippen molar-refractivity contribution in [3.63, 3.8) is 0 Å². The number of aromatic nitrogens is 2. The van der Waals surface area contributed by atoms with Gasteiger partial charge in [0.15, 0.2) is 24.0 Å². The summed E-state index contributed by atoms with van der Waals surface area (Å²) in [6.07, 6.45) is 6.29. The molecule has 5 rings (SSSR count). The van der Waals surface area contributed by atoms with Gasteiger partial charge in [0.25, 0.3) is 17.8 Å². The molecule has 2 aliphatic rings. The standard InChI is InChI=1S/C21H18N6O7S/c1-32-25-14(12-8-34-21(22)23-12)17(28)24-15-18(29)27-16(20(30)31)11(9-35-19(15)27)6-26-4-2-10-3-5-33-13(10)7-26/h2-5,7-8,15,19H,6,9H2,1H3,(H3-,22,23,24,28,30,31)/p+1/b25-14-/t15?,19-/m1/s1. The number of fused-ring (bicyclic) bond motifs is 2. The molecule has 1 fully saturated rings. The molecule has 4 N–H and O–H groups in total. The van der Waals surface area contributed by atoms with Crippen molar-refractivity contribution in [2.24, 2.45) is 5.16 Å². The molecule has 2 atom stereocenters. The van der Waals surface area contributed by atoms with Crippen LogP contribution in [0.15, 0.2) is 62.3 Å². The minimum Gasteiger partial charge on any atom is -0.477 e. The monoisotopic (exact) mass is 499 g/mol. The van der Waals surface area contributed by atoms with Crippen LogP contribution in [-0.4, -0.2) is 62.8 Å². The number of pyridine rings is 1. The van der Waals surface area contributed by atoms with E-state index in [1.807, 2.05) is 18.3 Å². The van der Waals surface area contributed by atoms with E-state index in [1.54, 1.807) is 17.0 Å². The van der Waals surface area contributed by atoms with Crippen LogP contribution in [0, 0.1) is 0 Å². The van der Waals surface area contributed by atoms with Gasteiger partial charge in [-0.05, 0) is 6.07 Å². The van der Waals surface area contributed by atoms with Crippen molar-refractivity contribution in [2.45, 2.75) is 18.0 Å². The predicted molar refractivity (Wildman–Crippen MR) is 121 cm³/mol. The third-order valence-electron chi connectivity index (χ3n) is 5.53. The zero-order valence-electron chi connectivity index (χ0n) is 18.2. The Kier molecular flexibility index (Phi) is 5.64. The number of aliphatic carboxylic acids is 1. The third-order valence-corrected chi connectivity index (χ3v) is 6.87. The lowest BCUT2D eigenvalue weighted by atomic mass is 10.0. The number of thioether (sulfide) groups is 1. The van der Waals surface area contributed by atoms with Crippen LogP contribution in [0.5, 0.6) is 0 Å². The van der Waals surface area contributed by atoms with Gasteiger partial charge in [0.1, 0.15) is 36.2 Å². The van der Waals surface area contributed by atoms with E-state index in [9.17, 15) is 19.5 Å². The zero-order chi connectivity index (χ0) is 24.7. The molecule has 1 saturated heterocycles. The lowest BCUT2D eigenvalue weighted by Gasteiger charge is -2.49. The highest BCUT2D eigenvalue weighted by Crippen LogP contribution is 2.40. The number of anilines is 1. The number of carboxylic acids is 1. The first-order valence-corrected chi connectivity index (χ1v) is 11.3. The Morgan fingerprint density at radius 2 is 2.26 bits per heavy atom. The normalized spacial score (nSPS) is 20.0. The van der Waals surface area contributed by atoms with E-state index in [2.05, 4.69) is 15.5 Å². The van der Waals surface area contributed by atoms with Crippen molar-refractivity contribution in [3.8, 4) is 0 Å². The highest BCUT2D eigenvalue weighted by molar-refractivity contribution is 8.00. The molecule has 0 radical (unpaired) electrons. The summed E-state index contributed by atoms with van der Waals surface area (Å²) in [6.45, 7) is 0.261. The van der Waals surface area contributed by atoms with Crippen molar-refractivity contribution >= 4 is 52.2 Å². The first-order chi connectivity index (χ1) is 16.9. The molecule has 2 amide bonds. The van der Waals surface area contributed by atoms with Crippen LogP contribution < -0.4 is 15.6 Å². The van der Waals surface area contributed by atoms with Crippen molar-refractivity contribution in [1.29, 1.82) is 0 Å². The molecule has 0 bridgehead atoms. The number of amides is 2. The van der Waals surface area contributed by atoms with E-state index in [-0.39, 0.29) is 29.7 Å². The number of carbonyl (C=O) groups excluding carboxylic acids is 2. The van der Waals surface area contributed by atoms with E-state index in [0.717, 1.165) is 11.6 Å². The quantitative estimate of drug-likeness (QED) is 0.175. The summed E-state index contributed by atoms with van der Waals surface area (Å²) in [6, 6.07) is 2.57. The number of nitrogen functional groups attached to an aromatic ring is 1. The summed E-state index contributed by atoms with van der Waals surface area (Å²) in [7, 11) is 1.25. The second kappa shape index (κ2) is 8.79. The summed E-state index contributed by atoms with van der Waals surface area (Å²) in [5, 5.41) is 16.5. The maximum absolute atomic E-state index is 13.0. The van der Waals surface area contributed by atoms with Crippen molar-refractivity contribution in [2.75, 3.05) is 18.6 Å². The number of nitrogens with two attached hydrogens (primary N) is 1. The minimum atomic E-state index is -1.22. The highest BCUT2D eigenvalue weighted by atomic mass is 32.2. The molecule has 1 unspecified atom stereocenters. The highest BCUT2D eigenvalue weighted by Gasteiger charge is 2.54. The van der Waals surface area contributed by atoms with Gasteiger partial charge in [0.05, 0.1) is 6.26 Å². The molecule has 5 heterocycles. The Labute approximate surface area is 201 Å². The van der Waals surface area contributed by atoms with Crippen LogP contribution in [0.2, 0.25) is 0 Å². The maximum atomic E-state index is 13.0. The molecule has 13 nitrogen and oxygen atoms in total. The molecule has 0 saturated carbocycles. The Morgan fingerprint density at radius 1 is 1.43 bits per heavy atom. The van der Waals surface area contributed by atoms with Gasteiger partial charge in [0.2, 0.25) is 6.20 Å². The second-order valence-corrected chi connectivity index (χ2v) is 8.77. The van der Waals surface area contributed by atoms with E-state index in [1.165, 1.54) is 23.8 Å². The summed E-state index contributed by atoms with van der Waals surface area (Å²) in [5.41, 5.74) is 6.38. The van der Waals surface area contributed by atoms with E-state index < -0.39 is 29.2 Å². The Balaban J connectivity index is 1.36. The number of oxazole rings is 1. The number of carboxylic acid groups (broad SMARTS) is 1. The van der Waals surface area contributed by atoms with Crippen LogP contribution in [0.1, 0.15) is 5.69 Å². The number of furan rings is 1. The zero-order valence-corrected chi connectivity index (χ0v) is 19.0. The smallest absolute Gasteiger partial charge is 0.352 e. The van der Waals surface area contributed by atoms with E-state index >= 15 is 0 Å². The fourth-order valence-electron chi connectivity index (χ4n) is 3.97. The van der Waals surface area contributed by atoms with Crippen molar-refractivity contribution in [1.82, 2.24) is 15.2 Å². The topological polar surface area (TPSA) is 177 Å². The van der Waals surface area contributed by atoms with Gasteiger partial charge in [-0.2, -0.15) is 9.55 Å². The Hall–Kier alpha value is -4.33. The lowest BCUT2D eigenvalue weighted by Crippen LogP contribution is -2.71. The van der Waals surface area contributed by atoms with Crippen LogP contribution >= 0.6 is 11.8 Å². The number of β-lactam (4-membered cyclic amide) rings is 1. The Morgan fingerprint density at radius 3 is 2.97 bits per heavy atom. The second-order valence-electron chi connectivity index (χ2n) is 7.67. The van der Waals surface area contributed by atoms with Gasteiger partial charge in [0, 0.05) is 22.8 Å². The molecule has 3 aromatic rings. The largest absolute Gasteiger partial charge is 0.477 e. The van der Waals surface area contributed by atoms with Crippen LogP contribution in [-0.2, 0) is 25.8 Å². The van der Waals surface area contributed by atoms with Crippen LogP contribution in [0.25, 0.3) is 11.0 Å². The number of hydrogen-bond donors (Lipinski definition) is 3. The SMILES string of the molecule is CO/N=C(\C(=O)NC1C(=O)N2C(C(=O)O)=C(C[n+]3ccc4ccoc4c3)CS[C@H]12)c1coc(N)n1. The number of nitrogens with zero attached hydrogens (tertiary/aromatic N) is 4. The van der Waals surface area contributed by atoms with Crippen LogP contribution in [0.4, 0.5) is 6.01 Å². The summed E-state index contributed by atoms with van der Waals surface area (Å²) in [5.74, 6) is -2.16. The maximum Gasteiger partial charge on any atom is 0.352 e. The van der Waals surface area contributed by atoms with Crippen molar-refractivity contribution in [3.05, 3.63) is 54.0 Å². The molecule has 180 valence electrons. The Bertz CT molecular complexity index is 1410. The van der Waals surface area contributed by atoms with Gasteiger partial charge in [-0.25, -0.2) is 4.79 Å². The van der Waals surface area contributed by atoms with Crippen LogP contribution in [0.3, 0.4) is 0 Å². The predicted octanol–water partition coefficient (Wildman–Crippen LogP) is 0.0798. The summed E-state index contributed by atoms with van der Waals surface area (Å²) < 4.78 is 12.1. The number of hydrogen-bond acceptors (Lipinski definition) is 10. The summed E-state index contributed by atoms with van der Waals surface area (Å²) in [4.78, 5) is 47.6. The fraction of sp³-hybridized carbons (Fsp3) is 0.238. The number of carbonyl (C=O) groups is 3. The molecule has 35 heavy (non-hydrogen) atoms. The number of nitrogens with one attached hydrogen (secondary N) is 1. The fourth-order valence-corrected chi connectivity index (χ4v) is 5.30. The molecule has 0 spiro atoms. The third kappa shape index (κ3) is 3.97. The molecule has 14 heteroatoms. The molecule has 3 aromatic heterocycles. The molecule has 2 aliphatic heterocycles. The molecular formula is C21H19N6O7S+. The van der Waals surface area contributed by atoms with Gasteiger partial charge in [-0.15, -0.1) is 11.8 Å². The number of rotatable bonds is 7. The first-order valence-electron chi connectivity index (χ1n) is 10.3. The first kappa shape index (κ1) is 22.5.